The molecule has 0 atom stereocenters. The monoisotopic (exact) mass is 486 g/mol. The van der Waals surface area contributed by atoms with E-state index in [2.05, 4.69) is 48.0 Å². The predicted octanol–water partition coefficient (Wildman–Crippen LogP) is 3.18. The van der Waals surface area contributed by atoms with E-state index in [0.717, 1.165) is 33.7 Å². The quantitative estimate of drug-likeness (QED) is 0.572. The summed E-state index contributed by atoms with van der Waals surface area (Å²) in [4.78, 5) is 20.7. The molecule has 8 heteroatoms. The highest BCUT2D eigenvalue weighted by Gasteiger charge is 2.23. The van der Waals surface area contributed by atoms with Gasteiger partial charge >= 0.3 is 0 Å². The first-order chi connectivity index (χ1) is 13.7. The van der Waals surface area contributed by atoms with E-state index in [1.165, 1.54) is 0 Å². The lowest BCUT2D eigenvalue weighted by atomic mass is 10.2. The van der Waals surface area contributed by atoms with E-state index in [1.807, 2.05) is 53.4 Å². The van der Waals surface area contributed by atoms with E-state index >= 15 is 0 Å². The summed E-state index contributed by atoms with van der Waals surface area (Å²) < 4.78 is 1.12. The topological polar surface area (TPSA) is 74.2 Å². The number of nitrogens with one attached hydrogen (secondary N) is 1. The van der Waals surface area contributed by atoms with E-state index in [4.69, 9.17) is 0 Å². The Morgan fingerprint density at radius 2 is 1.61 bits per heavy atom. The Bertz CT molecular complexity index is 925. The van der Waals surface area contributed by atoms with Crippen LogP contribution in [0.2, 0.25) is 0 Å². The zero-order valence-electron chi connectivity index (χ0n) is 15.1. The second kappa shape index (κ2) is 8.51. The molecule has 0 aliphatic carbocycles. The molecule has 3 heterocycles. The molecule has 1 aromatic carbocycles. The van der Waals surface area contributed by atoms with Crippen molar-refractivity contribution >= 4 is 45.8 Å². The van der Waals surface area contributed by atoms with Crippen molar-refractivity contribution in [2.45, 2.75) is 0 Å². The number of amides is 1. The number of rotatable bonds is 4. The zero-order valence-corrected chi connectivity index (χ0v) is 17.3. The Morgan fingerprint density at radius 1 is 0.893 bits per heavy atom. The van der Waals surface area contributed by atoms with Crippen LogP contribution in [0.5, 0.6) is 0 Å². The standard InChI is InChI=1S/C20H19IN6O/c21-16-3-1-15(2-4-16)20(28)27-13-11-26(12-14-27)19-6-5-18(24-25-19)23-17-7-9-22-10-8-17/h1-10H,11-14H2,(H,22,23,24). The normalized spacial score (nSPS) is 14.0. The van der Waals surface area contributed by atoms with Gasteiger partial charge in [0.15, 0.2) is 11.6 Å². The van der Waals surface area contributed by atoms with Gasteiger partial charge in [0.2, 0.25) is 0 Å². The van der Waals surface area contributed by atoms with E-state index in [0.29, 0.717) is 18.9 Å². The fourth-order valence-electron chi connectivity index (χ4n) is 3.06. The maximum atomic E-state index is 12.6. The average molecular weight is 486 g/mol. The lowest BCUT2D eigenvalue weighted by Gasteiger charge is -2.35. The van der Waals surface area contributed by atoms with Crippen molar-refractivity contribution in [3.05, 3.63) is 70.1 Å². The summed E-state index contributed by atoms with van der Waals surface area (Å²) in [7, 11) is 0. The molecule has 1 saturated heterocycles. The van der Waals surface area contributed by atoms with Crippen LogP contribution in [0.25, 0.3) is 0 Å². The molecule has 1 amide bonds. The number of carbonyl (C=O) groups is 1. The number of hydrogen-bond acceptors (Lipinski definition) is 6. The highest BCUT2D eigenvalue weighted by molar-refractivity contribution is 14.1. The van der Waals surface area contributed by atoms with Gasteiger partial charge in [0.1, 0.15) is 0 Å². The van der Waals surface area contributed by atoms with Crippen molar-refractivity contribution in [2.24, 2.45) is 0 Å². The molecule has 3 aromatic rings. The molecule has 1 aliphatic rings. The van der Waals surface area contributed by atoms with Crippen LogP contribution in [-0.2, 0) is 0 Å². The van der Waals surface area contributed by atoms with Crippen LogP contribution in [-0.4, -0.2) is 52.2 Å². The number of nitrogens with zero attached hydrogens (tertiary/aromatic N) is 5. The SMILES string of the molecule is O=C(c1ccc(I)cc1)N1CCN(c2ccc(Nc3ccncc3)nn2)CC1. The molecular formula is C20H19IN6O. The smallest absolute Gasteiger partial charge is 0.253 e. The molecule has 4 rings (SSSR count). The van der Waals surface area contributed by atoms with Crippen molar-refractivity contribution in [1.82, 2.24) is 20.1 Å². The molecule has 7 nitrogen and oxygen atoms in total. The Kier molecular flexibility index (Phi) is 5.65. The Balaban J connectivity index is 1.34. The first-order valence-corrected chi connectivity index (χ1v) is 10.1. The molecule has 0 spiro atoms. The van der Waals surface area contributed by atoms with Crippen LogP contribution in [0.3, 0.4) is 0 Å². The zero-order chi connectivity index (χ0) is 19.3. The first kappa shape index (κ1) is 18.6. The van der Waals surface area contributed by atoms with Crippen molar-refractivity contribution in [2.75, 3.05) is 36.4 Å². The van der Waals surface area contributed by atoms with Gasteiger partial charge in [-0.2, -0.15) is 0 Å². The van der Waals surface area contributed by atoms with Crippen LogP contribution in [0.15, 0.2) is 60.9 Å². The maximum Gasteiger partial charge on any atom is 0.253 e. The summed E-state index contributed by atoms with van der Waals surface area (Å²) in [5.41, 5.74) is 1.65. The largest absolute Gasteiger partial charge is 0.352 e. The fourth-order valence-corrected chi connectivity index (χ4v) is 3.42. The summed E-state index contributed by atoms with van der Waals surface area (Å²) in [6.07, 6.45) is 3.45. The minimum absolute atomic E-state index is 0.0824. The summed E-state index contributed by atoms with van der Waals surface area (Å²) in [5, 5.41) is 11.8. The van der Waals surface area contributed by atoms with E-state index in [-0.39, 0.29) is 5.91 Å². The van der Waals surface area contributed by atoms with Gasteiger partial charge in [0, 0.05) is 53.4 Å². The van der Waals surface area contributed by atoms with Crippen LogP contribution in [0, 0.1) is 3.57 Å². The van der Waals surface area contributed by atoms with Crippen LogP contribution < -0.4 is 10.2 Å². The number of piperazine rings is 1. The van der Waals surface area contributed by atoms with Gasteiger partial charge < -0.3 is 15.1 Å². The molecule has 28 heavy (non-hydrogen) atoms. The highest BCUT2D eigenvalue weighted by Crippen LogP contribution is 2.18. The van der Waals surface area contributed by atoms with Gasteiger partial charge in [0.25, 0.3) is 5.91 Å². The number of halogens is 1. The number of anilines is 3. The molecule has 0 unspecified atom stereocenters. The van der Waals surface area contributed by atoms with E-state index in [1.54, 1.807) is 12.4 Å². The number of pyridine rings is 1. The Hall–Kier alpha value is -2.75. The third-order valence-corrected chi connectivity index (χ3v) is 5.30. The second-order valence-electron chi connectivity index (χ2n) is 6.42. The molecule has 0 saturated carbocycles. The third-order valence-electron chi connectivity index (χ3n) is 4.59. The van der Waals surface area contributed by atoms with Gasteiger partial charge in [-0.05, 0) is 71.1 Å². The molecule has 1 aliphatic heterocycles. The van der Waals surface area contributed by atoms with Crippen molar-refractivity contribution in [1.29, 1.82) is 0 Å². The summed E-state index contributed by atoms with van der Waals surface area (Å²) >= 11 is 2.24. The fraction of sp³-hybridized carbons (Fsp3) is 0.200. The number of carbonyl (C=O) groups excluding carboxylic acids is 1. The van der Waals surface area contributed by atoms with Crippen LogP contribution in [0.4, 0.5) is 17.3 Å². The lowest BCUT2D eigenvalue weighted by molar-refractivity contribution is 0.0746. The van der Waals surface area contributed by atoms with Crippen molar-refractivity contribution in [3.8, 4) is 0 Å². The molecule has 1 fully saturated rings. The third kappa shape index (κ3) is 4.38. The minimum Gasteiger partial charge on any atom is -0.352 e. The average Bonchev–Trinajstić information content (AvgIpc) is 2.75. The number of aromatic nitrogens is 3. The molecule has 2 aromatic heterocycles. The lowest BCUT2D eigenvalue weighted by Crippen LogP contribution is -2.49. The van der Waals surface area contributed by atoms with Gasteiger partial charge in [-0.1, -0.05) is 0 Å². The van der Waals surface area contributed by atoms with Gasteiger partial charge in [-0.15, -0.1) is 10.2 Å². The van der Waals surface area contributed by atoms with E-state index in [9.17, 15) is 4.79 Å². The Labute approximate surface area is 176 Å². The molecule has 0 bridgehead atoms. The van der Waals surface area contributed by atoms with E-state index < -0.39 is 0 Å². The predicted molar refractivity (Wildman–Crippen MR) is 117 cm³/mol. The first-order valence-electron chi connectivity index (χ1n) is 8.99. The molecule has 142 valence electrons. The van der Waals surface area contributed by atoms with Gasteiger partial charge in [0.05, 0.1) is 0 Å². The molecular weight excluding hydrogens is 467 g/mol. The number of hydrogen-bond donors (Lipinski definition) is 1. The van der Waals surface area contributed by atoms with Crippen molar-refractivity contribution in [3.63, 3.8) is 0 Å². The second-order valence-corrected chi connectivity index (χ2v) is 7.67. The van der Waals surface area contributed by atoms with Gasteiger partial charge in [-0.3, -0.25) is 9.78 Å². The van der Waals surface area contributed by atoms with Crippen LogP contribution in [0.1, 0.15) is 10.4 Å². The van der Waals surface area contributed by atoms with Crippen molar-refractivity contribution < 1.29 is 4.79 Å². The Morgan fingerprint density at radius 3 is 2.25 bits per heavy atom. The van der Waals surface area contributed by atoms with Gasteiger partial charge in [-0.25, -0.2) is 0 Å². The summed E-state index contributed by atoms with van der Waals surface area (Å²) in [6.45, 7) is 2.82. The highest BCUT2D eigenvalue weighted by atomic mass is 127. The minimum atomic E-state index is 0.0824. The van der Waals surface area contributed by atoms with Crippen LogP contribution >= 0.6 is 22.6 Å². The molecule has 0 radical (unpaired) electrons. The number of benzene rings is 1. The maximum absolute atomic E-state index is 12.6. The summed E-state index contributed by atoms with van der Waals surface area (Å²) in [5.74, 6) is 1.59. The molecule has 1 N–H and O–H groups in total. The summed E-state index contributed by atoms with van der Waals surface area (Å²) in [6, 6.07) is 15.3.